The summed E-state index contributed by atoms with van der Waals surface area (Å²) < 4.78 is 11.5. The van der Waals surface area contributed by atoms with Crippen LogP contribution in [0.4, 0.5) is 9.59 Å². The molecule has 10 rings (SSSR count). The first kappa shape index (κ1) is 35.3. The third kappa shape index (κ3) is 6.16. The van der Waals surface area contributed by atoms with E-state index in [0.717, 1.165) is 66.0 Å². The van der Waals surface area contributed by atoms with Crippen molar-refractivity contribution >= 4 is 23.2 Å². The Hall–Kier alpha value is -5.12. The van der Waals surface area contributed by atoms with Crippen LogP contribution in [-0.2, 0) is 15.9 Å². The van der Waals surface area contributed by atoms with Gasteiger partial charge in [0.25, 0.3) is 0 Å². The highest BCUT2D eigenvalue weighted by Gasteiger charge is 2.56. The SMILES string of the molecule is CC(C)(C)OC(=O)N1CCCC1c1nc2ccc(-c3ccc(-c4ccc(-c5cnc(C6CC7CC7N6C(=O)OC(C)(C)C)[nH]5)cc4)c4c3CC3CCC43)cc2[nH]1. The Morgan fingerprint density at radius 2 is 1.48 bits per heavy atom. The maximum Gasteiger partial charge on any atom is 0.411 e. The van der Waals surface area contributed by atoms with Crippen LogP contribution >= 0.6 is 0 Å². The molecule has 0 radical (unpaired) electrons. The average Bonchev–Trinajstić information content (AvgIpc) is 3.71. The van der Waals surface area contributed by atoms with Crippen LogP contribution < -0.4 is 0 Å². The van der Waals surface area contributed by atoms with E-state index in [0.29, 0.717) is 24.3 Å². The zero-order chi connectivity index (χ0) is 38.7. The number of fused-ring (bicyclic) bond motifs is 5. The second-order valence-corrected chi connectivity index (χ2v) is 18.8. The average molecular weight is 753 g/mol. The molecule has 4 fully saturated rings. The molecule has 3 aliphatic carbocycles. The van der Waals surface area contributed by atoms with Crippen LogP contribution in [0, 0.1) is 11.8 Å². The van der Waals surface area contributed by atoms with Gasteiger partial charge in [-0.15, -0.1) is 0 Å². The summed E-state index contributed by atoms with van der Waals surface area (Å²) in [6, 6.07) is 20.1. The van der Waals surface area contributed by atoms with Crippen molar-refractivity contribution < 1.29 is 19.1 Å². The van der Waals surface area contributed by atoms with Gasteiger partial charge in [-0.2, -0.15) is 0 Å². The van der Waals surface area contributed by atoms with E-state index < -0.39 is 11.2 Å². The fourth-order valence-corrected chi connectivity index (χ4v) is 9.99. The number of benzene rings is 3. The Kier molecular flexibility index (Phi) is 8.01. The Morgan fingerprint density at radius 3 is 2.23 bits per heavy atom. The Labute approximate surface area is 328 Å². The van der Waals surface area contributed by atoms with Gasteiger partial charge < -0.3 is 19.4 Å². The van der Waals surface area contributed by atoms with Crippen molar-refractivity contribution in [3.63, 3.8) is 0 Å². The summed E-state index contributed by atoms with van der Waals surface area (Å²) in [5.41, 5.74) is 10.9. The Morgan fingerprint density at radius 1 is 0.750 bits per heavy atom. The van der Waals surface area contributed by atoms with Gasteiger partial charge in [0.1, 0.15) is 22.9 Å². The molecule has 3 aromatic carbocycles. The monoisotopic (exact) mass is 752 g/mol. The Balaban J connectivity index is 0.907. The van der Waals surface area contributed by atoms with Crippen molar-refractivity contribution in [2.75, 3.05) is 6.54 Å². The molecule has 4 heterocycles. The van der Waals surface area contributed by atoms with Gasteiger partial charge in [0.2, 0.25) is 0 Å². The number of aromatic amines is 2. The molecule has 0 spiro atoms. The lowest BCUT2D eigenvalue weighted by atomic mass is 9.73. The van der Waals surface area contributed by atoms with E-state index in [9.17, 15) is 9.59 Å². The van der Waals surface area contributed by atoms with Crippen molar-refractivity contribution in [2.45, 2.75) is 122 Å². The van der Waals surface area contributed by atoms with Crippen LogP contribution in [-0.4, -0.2) is 65.7 Å². The molecule has 10 nitrogen and oxygen atoms in total. The molecule has 5 aromatic rings. The molecule has 2 N–H and O–H groups in total. The number of piperidine rings is 1. The van der Waals surface area contributed by atoms with Crippen LogP contribution in [0.3, 0.4) is 0 Å². The van der Waals surface area contributed by atoms with Gasteiger partial charge in [0.15, 0.2) is 0 Å². The zero-order valence-electron chi connectivity index (χ0n) is 33.3. The van der Waals surface area contributed by atoms with Crippen molar-refractivity contribution in [3.8, 4) is 33.5 Å². The molecule has 56 heavy (non-hydrogen) atoms. The highest BCUT2D eigenvalue weighted by molar-refractivity contribution is 5.86. The van der Waals surface area contributed by atoms with E-state index in [2.05, 4.69) is 64.6 Å². The lowest BCUT2D eigenvalue weighted by Crippen LogP contribution is -2.38. The predicted molar refractivity (Wildman–Crippen MR) is 216 cm³/mol. The number of ether oxygens (including phenoxy) is 2. The smallest absolute Gasteiger partial charge is 0.411 e. The fraction of sp³-hybridized carbons (Fsp3) is 0.478. The first-order valence-corrected chi connectivity index (χ1v) is 20.6. The second kappa shape index (κ2) is 12.7. The first-order chi connectivity index (χ1) is 26.8. The molecule has 6 unspecified atom stereocenters. The predicted octanol–water partition coefficient (Wildman–Crippen LogP) is 10.5. The molecule has 5 aliphatic rings. The third-order valence-electron chi connectivity index (χ3n) is 12.7. The first-order valence-electron chi connectivity index (χ1n) is 20.6. The summed E-state index contributed by atoms with van der Waals surface area (Å²) in [5.74, 6) is 3.50. The van der Waals surface area contributed by atoms with Crippen molar-refractivity contribution in [3.05, 3.63) is 83.6 Å². The topological polar surface area (TPSA) is 116 Å². The Bertz CT molecular complexity index is 2360. The van der Waals surface area contributed by atoms with E-state index in [1.807, 2.05) is 57.5 Å². The van der Waals surface area contributed by atoms with Crippen LogP contribution in [0.1, 0.15) is 121 Å². The van der Waals surface area contributed by atoms with Gasteiger partial charge in [-0.25, -0.2) is 19.6 Å². The van der Waals surface area contributed by atoms with Crippen LogP contribution in [0.5, 0.6) is 0 Å². The molecule has 10 heteroatoms. The van der Waals surface area contributed by atoms with Gasteiger partial charge in [-0.05, 0) is 155 Å². The molecule has 2 amide bonds. The zero-order valence-corrected chi connectivity index (χ0v) is 33.3. The third-order valence-corrected chi connectivity index (χ3v) is 12.7. The number of carbonyl (C=O) groups is 2. The summed E-state index contributed by atoms with van der Waals surface area (Å²) >= 11 is 0. The van der Waals surface area contributed by atoms with Gasteiger partial charge in [0, 0.05) is 12.6 Å². The number of aromatic nitrogens is 4. The van der Waals surface area contributed by atoms with Gasteiger partial charge >= 0.3 is 12.2 Å². The number of imidazole rings is 2. The molecule has 2 aromatic heterocycles. The summed E-state index contributed by atoms with van der Waals surface area (Å²) in [4.78, 5) is 46.8. The van der Waals surface area contributed by atoms with E-state index >= 15 is 0 Å². The van der Waals surface area contributed by atoms with E-state index in [-0.39, 0.29) is 30.3 Å². The van der Waals surface area contributed by atoms with Crippen LogP contribution in [0.25, 0.3) is 44.5 Å². The van der Waals surface area contributed by atoms with Gasteiger partial charge in [-0.1, -0.05) is 42.5 Å². The number of H-pyrrole nitrogens is 2. The van der Waals surface area contributed by atoms with Crippen LogP contribution in [0.15, 0.2) is 60.8 Å². The number of rotatable bonds is 5. The quantitative estimate of drug-likeness (QED) is 0.185. The van der Waals surface area contributed by atoms with Gasteiger partial charge in [0.05, 0.1) is 35.0 Å². The fourth-order valence-electron chi connectivity index (χ4n) is 9.99. The minimum Gasteiger partial charge on any atom is -0.444 e. The number of carbonyl (C=O) groups excluding carboxylic acids is 2. The standard InChI is InChI=1S/C46H52N6O4/c1-45(2,3)55-43(53)51-19-7-8-37(51)42-48-34-18-14-28(21-35(34)49-42)30-16-17-31(40-32-15-13-27(32)20-33(30)40)25-9-11-26(12-10-25)36-24-47-41(50-36)39-23-29-22-38(29)52(39)44(54)56-46(4,5)6/h9-12,14,16-18,21,24,27,29,32,37-39H,7-8,13,15,19-20,22-23H2,1-6H3,(H,47,50)(H,48,49). The molecule has 2 saturated heterocycles. The van der Waals surface area contributed by atoms with Crippen LogP contribution in [0.2, 0.25) is 0 Å². The normalized spacial score (nSPS) is 25.2. The van der Waals surface area contributed by atoms with E-state index in [1.54, 1.807) is 0 Å². The number of hydrogen-bond donors (Lipinski definition) is 2. The maximum absolute atomic E-state index is 13.2. The molecule has 2 aliphatic heterocycles. The summed E-state index contributed by atoms with van der Waals surface area (Å²) in [5, 5.41) is 0. The van der Waals surface area contributed by atoms with Crippen molar-refractivity contribution in [1.82, 2.24) is 29.7 Å². The maximum atomic E-state index is 13.2. The lowest BCUT2D eigenvalue weighted by molar-refractivity contribution is 0.0172. The number of likely N-dealkylation sites (tertiary alicyclic amines) is 2. The highest BCUT2D eigenvalue weighted by Crippen LogP contribution is 2.56. The second-order valence-electron chi connectivity index (χ2n) is 18.8. The molecule has 290 valence electrons. The number of nitrogens with zero attached hydrogens (tertiary/aromatic N) is 4. The minimum absolute atomic E-state index is 0.0870. The molecular formula is C46H52N6O4. The molecule has 6 atom stereocenters. The number of amides is 2. The summed E-state index contributed by atoms with van der Waals surface area (Å²) in [7, 11) is 0. The highest BCUT2D eigenvalue weighted by atomic mass is 16.6. The number of hydrogen-bond acceptors (Lipinski definition) is 6. The lowest BCUT2D eigenvalue weighted by Gasteiger charge is -2.31. The number of nitrogens with one attached hydrogen (secondary N) is 2. The largest absolute Gasteiger partial charge is 0.444 e. The van der Waals surface area contributed by atoms with Crippen molar-refractivity contribution in [1.29, 1.82) is 0 Å². The van der Waals surface area contributed by atoms with E-state index in [1.165, 1.54) is 46.2 Å². The summed E-state index contributed by atoms with van der Waals surface area (Å²) in [6.07, 6.45) is 8.78. The molecular weight excluding hydrogens is 701 g/mol. The van der Waals surface area contributed by atoms with E-state index in [4.69, 9.17) is 19.4 Å². The molecule has 2 saturated carbocycles. The minimum atomic E-state index is -0.541. The van der Waals surface area contributed by atoms with Crippen molar-refractivity contribution in [2.24, 2.45) is 11.8 Å². The molecule has 0 bridgehead atoms. The van der Waals surface area contributed by atoms with Gasteiger partial charge in [-0.3, -0.25) is 9.80 Å². The summed E-state index contributed by atoms with van der Waals surface area (Å²) in [6.45, 7) is 12.1.